The molecule has 2 aliphatic rings. The van der Waals surface area contributed by atoms with Crippen molar-refractivity contribution in [3.05, 3.63) is 71.8 Å². The maximum absolute atomic E-state index is 12.1. The molecule has 0 amide bonds. The van der Waals surface area contributed by atoms with E-state index in [0.717, 1.165) is 11.1 Å². The van der Waals surface area contributed by atoms with E-state index in [2.05, 4.69) is 0 Å². The molecule has 2 aliphatic heterocycles. The topological polar surface area (TPSA) is 120 Å². The Kier molecular flexibility index (Phi) is 12.7. The van der Waals surface area contributed by atoms with Crippen molar-refractivity contribution >= 4 is 5.97 Å². The molecule has 0 aromatic heterocycles. The van der Waals surface area contributed by atoms with Crippen LogP contribution in [-0.2, 0) is 60.6 Å². The van der Waals surface area contributed by atoms with Crippen LogP contribution in [0.4, 0.5) is 0 Å². The van der Waals surface area contributed by atoms with E-state index in [1.807, 2.05) is 60.7 Å². The van der Waals surface area contributed by atoms with Crippen LogP contribution in [-0.4, -0.2) is 101 Å². The SMILES string of the molecule is CO[C@@H]1[C@@H](OC)[C@@H](O)O[C@H](CO[C@@H]2C[C@@H](OC(C)=O)[C@@H](OCc3ccccc3)[C@@H](COCc3ccccc3)O2)[C@H]1OC. The van der Waals surface area contributed by atoms with Gasteiger partial charge in [0.15, 0.2) is 12.6 Å². The summed E-state index contributed by atoms with van der Waals surface area (Å²) in [4.78, 5) is 12.1. The number of esters is 1. The minimum Gasteiger partial charge on any atom is -0.459 e. The Balaban J connectivity index is 1.46. The predicted octanol–water partition coefficient (Wildman–Crippen LogP) is 2.61. The number of hydrogen-bond acceptors (Lipinski definition) is 11. The van der Waals surface area contributed by atoms with Crippen molar-refractivity contribution in [1.29, 1.82) is 0 Å². The first kappa shape index (κ1) is 32.5. The van der Waals surface area contributed by atoms with E-state index in [1.165, 1.54) is 28.3 Å². The third-order valence-corrected chi connectivity index (χ3v) is 7.35. The van der Waals surface area contributed by atoms with Crippen LogP contribution in [0.1, 0.15) is 24.5 Å². The smallest absolute Gasteiger partial charge is 0.302 e. The van der Waals surface area contributed by atoms with E-state index < -0.39 is 61.3 Å². The summed E-state index contributed by atoms with van der Waals surface area (Å²) in [5.41, 5.74) is 1.99. The highest BCUT2D eigenvalue weighted by Crippen LogP contribution is 2.30. The first-order chi connectivity index (χ1) is 20.4. The van der Waals surface area contributed by atoms with E-state index >= 15 is 0 Å². The van der Waals surface area contributed by atoms with Crippen LogP contribution < -0.4 is 0 Å². The molecule has 2 aromatic carbocycles. The molecule has 0 saturated carbocycles. The normalized spacial score (nSPS) is 31.5. The van der Waals surface area contributed by atoms with Gasteiger partial charge in [0.2, 0.25) is 0 Å². The van der Waals surface area contributed by atoms with Gasteiger partial charge < -0.3 is 47.7 Å². The fraction of sp³-hybridized carbons (Fsp3) is 0.581. The molecular weight excluding hydrogens is 548 g/mol. The van der Waals surface area contributed by atoms with Gasteiger partial charge in [0, 0.05) is 34.7 Å². The summed E-state index contributed by atoms with van der Waals surface area (Å²) >= 11 is 0. The second-order valence-corrected chi connectivity index (χ2v) is 10.2. The van der Waals surface area contributed by atoms with Crippen LogP contribution in [0, 0.1) is 0 Å². The molecule has 0 spiro atoms. The fourth-order valence-electron chi connectivity index (χ4n) is 5.35. The summed E-state index contributed by atoms with van der Waals surface area (Å²) in [6.07, 6.45) is -6.26. The standard InChI is InChI=1S/C31H42O11/c1-20(32)40-23-15-26(38-19-25-28(34-2)29(35-3)30(36-4)31(33)42-25)41-24(18-37-16-21-11-7-5-8-12-21)27(23)39-17-22-13-9-6-10-14-22/h5-14,23-31,33H,15-19H2,1-4H3/t23-,24-,25-,26+,27-,28-,29+,30-,31+/m1/s1. The molecule has 9 atom stereocenters. The van der Waals surface area contributed by atoms with Crippen LogP contribution in [0.25, 0.3) is 0 Å². The molecule has 42 heavy (non-hydrogen) atoms. The van der Waals surface area contributed by atoms with Crippen molar-refractivity contribution in [1.82, 2.24) is 0 Å². The minimum absolute atomic E-state index is 0.0104. The Hall–Kier alpha value is -2.45. The summed E-state index contributed by atoms with van der Waals surface area (Å²) in [5, 5.41) is 10.5. The Labute approximate surface area is 246 Å². The largest absolute Gasteiger partial charge is 0.459 e. The number of aliphatic hydroxyl groups is 1. The molecule has 2 fully saturated rings. The van der Waals surface area contributed by atoms with Crippen molar-refractivity contribution in [3.8, 4) is 0 Å². The zero-order valence-electron chi connectivity index (χ0n) is 24.5. The van der Waals surface area contributed by atoms with Crippen molar-refractivity contribution in [3.63, 3.8) is 0 Å². The van der Waals surface area contributed by atoms with Crippen LogP contribution in [0.2, 0.25) is 0 Å². The predicted molar refractivity (Wildman–Crippen MR) is 149 cm³/mol. The lowest BCUT2D eigenvalue weighted by Crippen LogP contribution is -2.61. The van der Waals surface area contributed by atoms with Crippen LogP contribution in [0.15, 0.2) is 60.7 Å². The Morgan fingerprint density at radius 3 is 1.95 bits per heavy atom. The van der Waals surface area contributed by atoms with Crippen molar-refractivity contribution in [2.75, 3.05) is 34.5 Å². The van der Waals surface area contributed by atoms with E-state index in [0.29, 0.717) is 13.2 Å². The molecule has 232 valence electrons. The highest BCUT2D eigenvalue weighted by atomic mass is 16.7. The molecular formula is C31H42O11. The molecule has 2 aromatic rings. The number of carbonyl (C=O) groups is 1. The van der Waals surface area contributed by atoms with Gasteiger partial charge in [-0.2, -0.15) is 0 Å². The number of hydrogen-bond donors (Lipinski definition) is 1. The molecule has 11 heteroatoms. The summed E-state index contributed by atoms with van der Waals surface area (Å²) in [5.74, 6) is -0.440. The van der Waals surface area contributed by atoms with Crippen molar-refractivity contribution in [2.45, 2.75) is 81.9 Å². The summed E-state index contributed by atoms with van der Waals surface area (Å²) in [7, 11) is 4.51. The van der Waals surface area contributed by atoms with Gasteiger partial charge in [-0.1, -0.05) is 60.7 Å². The zero-order valence-corrected chi connectivity index (χ0v) is 24.5. The lowest BCUT2D eigenvalue weighted by molar-refractivity contribution is -0.318. The zero-order chi connectivity index (χ0) is 29.9. The molecule has 2 saturated heterocycles. The number of benzene rings is 2. The molecule has 0 radical (unpaired) electrons. The summed E-state index contributed by atoms with van der Waals surface area (Å²) < 4.78 is 52.9. The number of ether oxygens (including phenoxy) is 9. The quantitative estimate of drug-likeness (QED) is 0.327. The number of aliphatic hydroxyl groups excluding tert-OH is 1. The fourth-order valence-corrected chi connectivity index (χ4v) is 5.35. The molecule has 4 rings (SSSR count). The number of rotatable bonds is 14. The molecule has 0 unspecified atom stereocenters. The van der Waals surface area contributed by atoms with Gasteiger partial charge >= 0.3 is 5.97 Å². The lowest BCUT2D eigenvalue weighted by Gasteiger charge is -2.44. The maximum atomic E-state index is 12.1. The van der Waals surface area contributed by atoms with Gasteiger partial charge in [-0.05, 0) is 11.1 Å². The second kappa shape index (κ2) is 16.4. The van der Waals surface area contributed by atoms with Gasteiger partial charge in [-0.15, -0.1) is 0 Å². The van der Waals surface area contributed by atoms with Crippen LogP contribution in [0.3, 0.4) is 0 Å². The van der Waals surface area contributed by atoms with Gasteiger partial charge in [-0.25, -0.2) is 0 Å². The Morgan fingerprint density at radius 2 is 1.36 bits per heavy atom. The lowest BCUT2D eigenvalue weighted by atomic mass is 9.98. The van der Waals surface area contributed by atoms with Gasteiger partial charge in [0.1, 0.15) is 42.7 Å². The first-order valence-electron chi connectivity index (χ1n) is 14.1. The Bertz CT molecular complexity index is 1060. The number of methoxy groups -OCH3 is 3. The van der Waals surface area contributed by atoms with Crippen LogP contribution >= 0.6 is 0 Å². The molecule has 11 nitrogen and oxygen atoms in total. The van der Waals surface area contributed by atoms with E-state index in [4.69, 9.17) is 42.6 Å². The van der Waals surface area contributed by atoms with Gasteiger partial charge in [0.25, 0.3) is 0 Å². The van der Waals surface area contributed by atoms with Gasteiger partial charge in [-0.3, -0.25) is 4.79 Å². The van der Waals surface area contributed by atoms with Crippen LogP contribution in [0.5, 0.6) is 0 Å². The first-order valence-corrected chi connectivity index (χ1v) is 14.1. The highest BCUT2D eigenvalue weighted by molar-refractivity contribution is 5.66. The average Bonchev–Trinajstić information content (AvgIpc) is 2.99. The summed E-state index contributed by atoms with van der Waals surface area (Å²) in [6, 6.07) is 19.5. The molecule has 0 aliphatic carbocycles. The molecule has 2 heterocycles. The van der Waals surface area contributed by atoms with E-state index in [1.54, 1.807) is 0 Å². The second-order valence-electron chi connectivity index (χ2n) is 10.2. The highest BCUT2D eigenvalue weighted by Gasteiger charge is 2.48. The third-order valence-electron chi connectivity index (χ3n) is 7.35. The minimum atomic E-state index is -1.24. The molecule has 1 N–H and O–H groups in total. The van der Waals surface area contributed by atoms with E-state index in [9.17, 15) is 9.90 Å². The third kappa shape index (κ3) is 8.79. The maximum Gasteiger partial charge on any atom is 0.302 e. The average molecular weight is 591 g/mol. The summed E-state index contributed by atoms with van der Waals surface area (Å²) in [6.45, 7) is 2.22. The van der Waals surface area contributed by atoms with E-state index in [-0.39, 0.29) is 19.6 Å². The Morgan fingerprint density at radius 1 is 0.762 bits per heavy atom. The monoisotopic (exact) mass is 590 g/mol. The number of carbonyl (C=O) groups excluding carboxylic acids is 1. The van der Waals surface area contributed by atoms with Gasteiger partial charge in [0.05, 0.1) is 26.4 Å². The molecule has 0 bridgehead atoms. The van der Waals surface area contributed by atoms with Crippen molar-refractivity contribution in [2.24, 2.45) is 0 Å². The van der Waals surface area contributed by atoms with Crippen molar-refractivity contribution < 1.29 is 52.5 Å².